The van der Waals surface area contributed by atoms with E-state index < -0.39 is 26.5 Å². The lowest BCUT2D eigenvalue weighted by molar-refractivity contribution is -0.136. The van der Waals surface area contributed by atoms with Crippen LogP contribution in [0.25, 0.3) is 0 Å². The van der Waals surface area contributed by atoms with Gasteiger partial charge >= 0.3 is 11.7 Å². The number of hydrogen-bond acceptors (Lipinski definition) is 4. The monoisotopic (exact) mass is 307 g/mol. The van der Waals surface area contributed by atoms with Crippen LogP contribution in [-0.2, 0) is 14.6 Å². The second kappa shape index (κ2) is 6.65. The van der Waals surface area contributed by atoms with E-state index in [1.807, 2.05) is 0 Å². The van der Waals surface area contributed by atoms with E-state index >= 15 is 0 Å². The van der Waals surface area contributed by atoms with E-state index in [9.17, 15) is 22.0 Å². The molecule has 20 heavy (non-hydrogen) atoms. The molecule has 1 rings (SSSR count). The molecule has 0 aliphatic carbocycles. The van der Waals surface area contributed by atoms with E-state index in [-0.39, 0.29) is 18.7 Å². The van der Waals surface area contributed by atoms with Gasteiger partial charge in [-0.2, -0.15) is 8.78 Å². The molecule has 0 amide bonds. The number of para-hydroxylation sites is 1. The largest absolute Gasteiger partial charge is 0.481 e. The summed E-state index contributed by atoms with van der Waals surface area (Å²) >= 11 is 0. The lowest BCUT2D eigenvalue weighted by Gasteiger charge is -2.24. The number of aliphatic carboxylic acids is 1. The van der Waals surface area contributed by atoms with Crippen molar-refractivity contribution in [1.29, 1.82) is 0 Å². The van der Waals surface area contributed by atoms with Gasteiger partial charge in [0.25, 0.3) is 0 Å². The molecule has 0 saturated heterocycles. The van der Waals surface area contributed by atoms with Crippen molar-refractivity contribution >= 4 is 21.5 Å². The van der Waals surface area contributed by atoms with Crippen LogP contribution < -0.4 is 4.90 Å². The molecular formula is C12H15F2NO4S. The highest BCUT2D eigenvalue weighted by Crippen LogP contribution is 2.29. The molecule has 1 aromatic rings. The summed E-state index contributed by atoms with van der Waals surface area (Å²) in [7, 11) is -4.72. The van der Waals surface area contributed by atoms with Crippen LogP contribution in [0.2, 0.25) is 0 Å². The van der Waals surface area contributed by atoms with Crippen LogP contribution in [0.1, 0.15) is 13.3 Å². The standard InChI is InChI=1S/C12H15F2NO4S/c1-2-15(8-7-11(16)17)9-5-3-4-6-10(9)20(18,19)12(13)14/h3-6,12H,2,7-8H2,1H3,(H,16,17). The third-order valence-corrected chi connectivity index (χ3v) is 4.15. The van der Waals surface area contributed by atoms with E-state index in [2.05, 4.69) is 0 Å². The molecule has 0 heterocycles. The fourth-order valence-corrected chi connectivity index (χ4v) is 2.68. The second-order valence-electron chi connectivity index (χ2n) is 4.00. The van der Waals surface area contributed by atoms with Gasteiger partial charge in [0, 0.05) is 13.1 Å². The summed E-state index contributed by atoms with van der Waals surface area (Å²) in [5.74, 6) is -4.56. The number of carbonyl (C=O) groups is 1. The quantitative estimate of drug-likeness (QED) is 0.834. The molecule has 1 aromatic carbocycles. The van der Waals surface area contributed by atoms with E-state index in [4.69, 9.17) is 5.11 Å². The number of benzene rings is 1. The zero-order chi connectivity index (χ0) is 15.3. The van der Waals surface area contributed by atoms with Crippen molar-refractivity contribution in [3.8, 4) is 0 Å². The fraction of sp³-hybridized carbons (Fsp3) is 0.417. The van der Waals surface area contributed by atoms with Gasteiger partial charge in [-0.3, -0.25) is 4.79 Å². The minimum Gasteiger partial charge on any atom is -0.481 e. The predicted molar refractivity (Wildman–Crippen MR) is 69.8 cm³/mol. The van der Waals surface area contributed by atoms with Crippen LogP contribution in [0.3, 0.4) is 0 Å². The molecule has 0 fully saturated rings. The van der Waals surface area contributed by atoms with Crippen LogP contribution in [0.5, 0.6) is 0 Å². The van der Waals surface area contributed by atoms with Gasteiger partial charge in [0.05, 0.1) is 17.0 Å². The van der Waals surface area contributed by atoms with Gasteiger partial charge in [0.1, 0.15) is 0 Å². The Bertz CT molecular complexity index is 575. The molecule has 8 heteroatoms. The smallest absolute Gasteiger partial charge is 0.341 e. The van der Waals surface area contributed by atoms with Crippen molar-refractivity contribution in [2.75, 3.05) is 18.0 Å². The van der Waals surface area contributed by atoms with Crippen molar-refractivity contribution in [3.63, 3.8) is 0 Å². The summed E-state index contributed by atoms with van der Waals surface area (Å²) in [6.07, 6.45) is -0.211. The Balaban J connectivity index is 3.21. The van der Waals surface area contributed by atoms with Gasteiger partial charge in [-0.15, -0.1) is 0 Å². The number of carboxylic acids is 1. The minimum absolute atomic E-state index is 0.0433. The van der Waals surface area contributed by atoms with Crippen LogP contribution >= 0.6 is 0 Å². The maximum Gasteiger partial charge on any atom is 0.341 e. The number of rotatable bonds is 7. The molecule has 0 unspecified atom stereocenters. The first-order valence-electron chi connectivity index (χ1n) is 5.88. The van der Waals surface area contributed by atoms with Gasteiger partial charge < -0.3 is 10.0 Å². The fourth-order valence-electron chi connectivity index (χ4n) is 1.73. The maximum atomic E-state index is 12.7. The molecule has 0 saturated carbocycles. The highest BCUT2D eigenvalue weighted by molar-refractivity contribution is 7.91. The zero-order valence-corrected chi connectivity index (χ0v) is 11.6. The summed E-state index contributed by atoms with van der Waals surface area (Å²) in [6, 6.07) is 5.36. The summed E-state index contributed by atoms with van der Waals surface area (Å²) in [4.78, 5) is 11.5. The molecule has 0 aromatic heterocycles. The van der Waals surface area contributed by atoms with Crippen molar-refractivity contribution in [2.45, 2.75) is 24.0 Å². The Hall–Kier alpha value is -1.70. The number of sulfone groups is 1. The van der Waals surface area contributed by atoms with Gasteiger partial charge in [-0.05, 0) is 19.1 Å². The number of anilines is 1. The van der Waals surface area contributed by atoms with Crippen molar-refractivity contribution < 1.29 is 27.1 Å². The molecule has 0 atom stereocenters. The topological polar surface area (TPSA) is 74.7 Å². The third-order valence-electron chi connectivity index (χ3n) is 2.72. The molecule has 0 bridgehead atoms. The van der Waals surface area contributed by atoms with Crippen LogP contribution in [0.4, 0.5) is 14.5 Å². The van der Waals surface area contributed by atoms with Crippen LogP contribution in [-0.4, -0.2) is 38.3 Å². The van der Waals surface area contributed by atoms with Crippen LogP contribution in [0, 0.1) is 0 Å². The predicted octanol–water partition coefficient (Wildman–Crippen LogP) is 1.98. The molecule has 0 spiro atoms. The highest BCUT2D eigenvalue weighted by Gasteiger charge is 2.30. The summed E-state index contributed by atoms with van der Waals surface area (Å²) in [6.45, 7) is 2.04. The van der Waals surface area contributed by atoms with Crippen molar-refractivity contribution in [2.24, 2.45) is 0 Å². The summed E-state index contributed by atoms with van der Waals surface area (Å²) in [5.41, 5.74) is 0.0940. The van der Waals surface area contributed by atoms with E-state index in [1.165, 1.54) is 23.1 Å². The molecule has 0 aliphatic rings. The normalized spacial score (nSPS) is 11.6. The Morgan fingerprint density at radius 2 is 1.95 bits per heavy atom. The van der Waals surface area contributed by atoms with Crippen LogP contribution in [0.15, 0.2) is 29.2 Å². The zero-order valence-electron chi connectivity index (χ0n) is 10.8. The third kappa shape index (κ3) is 3.66. The number of carboxylic acid groups (broad SMARTS) is 1. The average molecular weight is 307 g/mol. The minimum atomic E-state index is -4.72. The van der Waals surface area contributed by atoms with Gasteiger partial charge in [0.2, 0.25) is 9.84 Å². The average Bonchev–Trinajstić information content (AvgIpc) is 2.39. The number of nitrogens with zero attached hydrogens (tertiary/aromatic N) is 1. The first-order chi connectivity index (χ1) is 9.30. The van der Waals surface area contributed by atoms with E-state index in [0.717, 1.165) is 6.07 Å². The molecule has 0 aliphatic heterocycles. The summed E-state index contributed by atoms with van der Waals surface area (Å²) < 4.78 is 48.6. The molecular weight excluding hydrogens is 292 g/mol. The second-order valence-corrected chi connectivity index (χ2v) is 5.88. The Kier molecular flexibility index (Phi) is 5.43. The van der Waals surface area contributed by atoms with E-state index in [0.29, 0.717) is 6.54 Å². The first-order valence-corrected chi connectivity index (χ1v) is 7.43. The van der Waals surface area contributed by atoms with E-state index in [1.54, 1.807) is 6.92 Å². The molecule has 5 nitrogen and oxygen atoms in total. The molecule has 1 N–H and O–H groups in total. The Morgan fingerprint density at radius 1 is 1.35 bits per heavy atom. The molecule has 112 valence electrons. The Labute approximate surface area is 115 Å². The first kappa shape index (κ1) is 16.4. The number of hydrogen-bond donors (Lipinski definition) is 1. The lowest BCUT2D eigenvalue weighted by Crippen LogP contribution is -2.28. The summed E-state index contributed by atoms with van der Waals surface area (Å²) in [5, 5.41) is 8.66. The lowest BCUT2D eigenvalue weighted by atomic mass is 10.2. The van der Waals surface area contributed by atoms with Gasteiger partial charge in [0.15, 0.2) is 0 Å². The Morgan fingerprint density at radius 3 is 2.45 bits per heavy atom. The van der Waals surface area contributed by atoms with Crippen molar-refractivity contribution in [1.82, 2.24) is 0 Å². The highest BCUT2D eigenvalue weighted by atomic mass is 32.2. The SMILES string of the molecule is CCN(CCC(=O)O)c1ccccc1S(=O)(=O)C(F)F. The number of alkyl halides is 2. The van der Waals surface area contributed by atoms with Gasteiger partial charge in [-0.25, -0.2) is 8.42 Å². The number of halogens is 2. The maximum absolute atomic E-state index is 12.7. The van der Waals surface area contributed by atoms with Gasteiger partial charge in [-0.1, -0.05) is 12.1 Å². The molecule has 0 radical (unpaired) electrons. The van der Waals surface area contributed by atoms with Crippen molar-refractivity contribution in [3.05, 3.63) is 24.3 Å².